The van der Waals surface area contributed by atoms with Crippen LogP contribution in [-0.2, 0) is 19.5 Å². The molecule has 0 bridgehead atoms. The molecule has 20 heavy (non-hydrogen) atoms. The molecule has 6 heteroatoms. The lowest BCUT2D eigenvalue weighted by Crippen LogP contribution is -2.04. The molecule has 4 nitrogen and oxygen atoms in total. The number of rotatable bonds is 5. The van der Waals surface area contributed by atoms with E-state index in [9.17, 15) is 0 Å². The van der Waals surface area contributed by atoms with Gasteiger partial charge in [0.25, 0.3) is 0 Å². The fourth-order valence-corrected chi connectivity index (χ4v) is 2.51. The molecule has 0 atom stereocenters. The summed E-state index contributed by atoms with van der Waals surface area (Å²) < 4.78 is 13.9. The topological polar surface area (TPSA) is 36.3 Å². The van der Waals surface area contributed by atoms with Gasteiger partial charge in [-0.1, -0.05) is 6.07 Å². The zero-order chi connectivity index (χ0) is 14.7. The summed E-state index contributed by atoms with van der Waals surface area (Å²) in [4.78, 5) is 0. The van der Waals surface area contributed by atoms with E-state index in [4.69, 9.17) is 21.1 Å². The van der Waals surface area contributed by atoms with Crippen LogP contribution >= 0.6 is 27.5 Å². The van der Waals surface area contributed by atoms with Gasteiger partial charge in [-0.2, -0.15) is 5.10 Å². The number of methoxy groups -OCH3 is 1. The van der Waals surface area contributed by atoms with Gasteiger partial charge in [-0.25, -0.2) is 0 Å². The summed E-state index contributed by atoms with van der Waals surface area (Å²) in [6.07, 6.45) is 0. The molecule has 0 aliphatic rings. The third-order valence-corrected chi connectivity index (χ3v) is 4.35. The van der Waals surface area contributed by atoms with Gasteiger partial charge in [0.05, 0.1) is 23.0 Å². The van der Waals surface area contributed by atoms with Crippen LogP contribution in [-0.4, -0.2) is 16.9 Å². The molecule has 1 aromatic carbocycles. The Balaban J connectivity index is 2.18. The first kappa shape index (κ1) is 15.2. The average Bonchev–Trinajstić information content (AvgIpc) is 2.70. The molecular formula is C14H16BrClN2O2. The second-order valence-corrected chi connectivity index (χ2v) is 5.44. The molecule has 0 unspecified atom stereocenters. The van der Waals surface area contributed by atoms with Crippen molar-refractivity contribution in [3.05, 3.63) is 39.6 Å². The van der Waals surface area contributed by atoms with Crippen LogP contribution in [0.1, 0.15) is 17.0 Å². The molecule has 0 N–H and O–H groups in total. The summed E-state index contributed by atoms with van der Waals surface area (Å²) in [5.74, 6) is 1.81. The molecule has 1 heterocycles. The first-order chi connectivity index (χ1) is 9.56. The maximum atomic E-state index is 5.83. The highest BCUT2D eigenvalue weighted by Crippen LogP contribution is 2.30. The molecule has 0 amide bonds. The number of hydrogen-bond acceptors (Lipinski definition) is 3. The predicted octanol–water partition coefficient (Wildman–Crippen LogP) is 3.82. The lowest BCUT2D eigenvalue weighted by atomic mass is 10.2. The molecule has 1 aromatic heterocycles. The quantitative estimate of drug-likeness (QED) is 0.762. The van der Waals surface area contributed by atoms with Gasteiger partial charge in [0.2, 0.25) is 0 Å². The standard InChI is InChI=1S/C14H16BrClN2O2/c1-9-14(15)11(18(2)17-9)8-20-12-5-4-10(7-16)6-13(12)19-3/h4-6H,7-8H2,1-3H3. The molecule has 0 aliphatic heterocycles. The van der Waals surface area contributed by atoms with Crippen molar-refractivity contribution >= 4 is 27.5 Å². The van der Waals surface area contributed by atoms with E-state index in [-0.39, 0.29) is 0 Å². The van der Waals surface area contributed by atoms with E-state index >= 15 is 0 Å². The van der Waals surface area contributed by atoms with Crippen molar-refractivity contribution in [1.82, 2.24) is 9.78 Å². The summed E-state index contributed by atoms with van der Waals surface area (Å²) in [5.41, 5.74) is 2.91. The molecule has 0 spiro atoms. The van der Waals surface area contributed by atoms with E-state index in [1.807, 2.05) is 32.2 Å². The monoisotopic (exact) mass is 358 g/mol. The number of ether oxygens (including phenoxy) is 2. The van der Waals surface area contributed by atoms with Gasteiger partial charge in [0.1, 0.15) is 6.61 Å². The number of hydrogen-bond donors (Lipinski definition) is 0. The Kier molecular flexibility index (Phi) is 4.94. The van der Waals surface area contributed by atoms with Crippen LogP contribution in [0.4, 0.5) is 0 Å². The van der Waals surface area contributed by atoms with Crippen molar-refractivity contribution in [3.63, 3.8) is 0 Å². The van der Waals surface area contributed by atoms with Crippen molar-refractivity contribution in [3.8, 4) is 11.5 Å². The number of aromatic nitrogens is 2. The third kappa shape index (κ3) is 3.10. The highest BCUT2D eigenvalue weighted by Gasteiger charge is 2.12. The van der Waals surface area contributed by atoms with E-state index in [1.165, 1.54) is 0 Å². The Morgan fingerprint density at radius 1 is 1.35 bits per heavy atom. The molecule has 0 saturated heterocycles. The summed E-state index contributed by atoms with van der Waals surface area (Å²) >= 11 is 9.33. The van der Waals surface area contributed by atoms with Crippen molar-refractivity contribution < 1.29 is 9.47 Å². The van der Waals surface area contributed by atoms with Crippen LogP contribution in [0.25, 0.3) is 0 Å². The zero-order valence-corrected chi connectivity index (χ0v) is 14.0. The van der Waals surface area contributed by atoms with Crippen LogP contribution in [0.5, 0.6) is 11.5 Å². The largest absolute Gasteiger partial charge is 0.493 e. The highest BCUT2D eigenvalue weighted by atomic mass is 79.9. The minimum Gasteiger partial charge on any atom is -0.493 e. The lowest BCUT2D eigenvalue weighted by Gasteiger charge is -2.12. The van der Waals surface area contributed by atoms with Crippen molar-refractivity contribution in [1.29, 1.82) is 0 Å². The molecule has 0 fully saturated rings. The van der Waals surface area contributed by atoms with Crippen LogP contribution in [0.2, 0.25) is 0 Å². The lowest BCUT2D eigenvalue weighted by molar-refractivity contribution is 0.275. The molecule has 0 aliphatic carbocycles. The summed E-state index contributed by atoms with van der Waals surface area (Å²) in [6.45, 7) is 2.36. The van der Waals surface area contributed by atoms with Crippen molar-refractivity contribution in [2.75, 3.05) is 7.11 Å². The number of alkyl halides is 1. The fraction of sp³-hybridized carbons (Fsp3) is 0.357. The summed E-state index contributed by atoms with van der Waals surface area (Å²) in [7, 11) is 3.51. The Hall–Kier alpha value is -1.20. The van der Waals surface area contributed by atoms with Gasteiger partial charge in [-0.3, -0.25) is 4.68 Å². The summed E-state index contributed by atoms with van der Waals surface area (Å²) in [5, 5.41) is 4.33. The van der Waals surface area contributed by atoms with Crippen LogP contribution in [0, 0.1) is 6.92 Å². The number of benzene rings is 1. The van der Waals surface area contributed by atoms with Gasteiger partial charge in [-0.05, 0) is 40.5 Å². The SMILES string of the molecule is COc1cc(CCl)ccc1OCc1c(Br)c(C)nn1C. The number of nitrogens with zero attached hydrogens (tertiary/aromatic N) is 2. The molecule has 0 radical (unpaired) electrons. The first-order valence-electron chi connectivity index (χ1n) is 6.10. The minimum atomic E-state index is 0.411. The van der Waals surface area contributed by atoms with Crippen molar-refractivity contribution in [2.24, 2.45) is 7.05 Å². The van der Waals surface area contributed by atoms with E-state index in [0.717, 1.165) is 21.4 Å². The third-order valence-electron chi connectivity index (χ3n) is 3.01. The number of halogens is 2. The Labute approximate surface area is 131 Å². The van der Waals surface area contributed by atoms with Gasteiger partial charge < -0.3 is 9.47 Å². The van der Waals surface area contributed by atoms with Crippen LogP contribution in [0.15, 0.2) is 22.7 Å². The normalized spacial score (nSPS) is 10.7. The maximum Gasteiger partial charge on any atom is 0.161 e. The van der Waals surface area contributed by atoms with Gasteiger partial charge in [0.15, 0.2) is 11.5 Å². The Bertz CT molecular complexity index is 613. The minimum absolute atomic E-state index is 0.411. The molecular weight excluding hydrogens is 344 g/mol. The Morgan fingerprint density at radius 2 is 2.10 bits per heavy atom. The molecule has 108 valence electrons. The second-order valence-electron chi connectivity index (χ2n) is 4.38. The fourth-order valence-electron chi connectivity index (χ4n) is 1.90. The van der Waals surface area contributed by atoms with Crippen LogP contribution < -0.4 is 9.47 Å². The van der Waals surface area contributed by atoms with Gasteiger partial charge in [0, 0.05) is 12.9 Å². The van der Waals surface area contributed by atoms with Crippen molar-refractivity contribution in [2.45, 2.75) is 19.4 Å². The molecule has 2 rings (SSSR count). The highest BCUT2D eigenvalue weighted by molar-refractivity contribution is 9.10. The predicted molar refractivity (Wildman–Crippen MR) is 82.5 cm³/mol. The summed E-state index contributed by atoms with van der Waals surface area (Å²) in [6, 6.07) is 5.67. The first-order valence-corrected chi connectivity index (χ1v) is 7.43. The average molecular weight is 360 g/mol. The van der Waals surface area contributed by atoms with E-state index in [1.54, 1.807) is 11.8 Å². The van der Waals surface area contributed by atoms with E-state index in [0.29, 0.717) is 24.0 Å². The smallest absolute Gasteiger partial charge is 0.161 e. The van der Waals surface area contributed by atoms with E-state index < -0.39 is 0 Å². The second kappa shape index (κ2) is 6.50. The number of aryl methyl sites for hydroxylation is 2. The maximum absolute atomic E-state index is 5.83. The van der Waals surface area contributed by atoms with Crippen LogP contribution in [0.3, 0.4) is 0 Å². The Morgan fingerprint density at radius 3 is 2.65 bits per heavy atom. The van der Waals surface area contributed by atoms with E-state index in [2.05, 4.69) is 21.0 Å². The van der Waals surface area contributed by atoms with Gasteiger partial charge >= 0.3 is 0 Å². The molecule has 0 saturated carbocycles. The zero-order valence-electron chi connectivity index (χ0n) is 11.6. The van der Waals surface area contributed by atoms with Gasteiger partial charge in [-0.15, -0.1) is 11.6 Å². The molecule has 2 aromatic rings.